The Kier molecular flexibility index (Phi) is 4.78. The fourth-order valence-corrected chi connectivity index (χ4v) is 2.02. The van der Waals surface area contributed by atoms with Crippen molar-refractivity contribution in [3.8, 4) is 0 Å². The van der Waals surface area contributed by atoms with Crippen molar-refractivity contribution in [3.05, 3.63) is 0 Å². The second kappa shape index (κ2) is 5.89. The number of amides is 2. The molecule has 0 spiro atoms. The number of hydrogen-bond donors (Lipinski definition) is 1. The third-order valence-electron chi connectivity index (χ3n) is 3.36. The van der Waals surface area contributed by atoms with Crippen LogP contribution < -0.4 is 0 Å². The quantitative estimate of drug-likeness (QED) is 0.802. The minimum absolute atomic E-state index is 0.0835. The van der Waals surface area contributed by atoms with Crippen molar-refractivity contribution in [1.29, 1.82) is 0 Å². The van der Waals surface area contributed by atoms with Crippen LogP contribution in [0.4, 0.5) is 4.79 Å². The van der Waals surface area contributed by atoms with E-state index >= 15 is 0 Å². The Morgan fingerprint density at radius 3 is 2.47 bits per heavy atom. The molecule has 0 aromatic heterocycles. The topological polar surface area (TPSA) is 60.9 Å². The van der Waals surface area contributed by atoms with Gasteiger partial charge in [-0.3, -0.25) is 0 Å². The number of carbonyl (C=O) groups is 2. The molecule has 1 aliphatic rings. The van der Waals surface area contributed by atoms with E-state index in [0.717, 1.165) is 19.3 Å². The normalized spacial score (nSPS) is 21.2. The van der Waals surface area contributed by atoms with Crippen molar-refractivity contribution in [2.75, 3.05) is 13.6 Å². The summed E-state index contributed by atoms with van der Waals surface area (Å²) in [4.78, 5) is 26.5. The van der Waals surface area contributed by atoms with Crippen LogP contribution in [-0.4, -0.2) is 52.6 Å². The van der Waals surface area contributed by atoms with Gasteiger partial charge in [-0.15, -0.1) is 0 Å². The molecule has 1 rings (SSSR count). The molecule has 0 bridgehead atoms. The first-order valence-corrected chi connectivity index (χ1v) is 6.21. The molecular formula is C12H22N2O3. The summed E-state index contributed by atoms with van der Waals surface area (Å²) in [5, 5.41) is 9.19. The Morgan fingerprint density at radius 2 is 1.94 bits per heavy atom. The SMILES string of the molecule is CC(C)N(C)C(=O)N1CCCCCC1C(=O)O. The smallest absolute Gasteiger partial charge is 0.326 e. The fraction of sp³-hybridized carbons (Fsp3) is 0.833. The van der Waals surface area contributed by atoms with E-state index < -0.39 is 12.0 Å². The van der Waals surface area contributed by atoms with Crippen molar-refractivity contribution >= 4 is 12.0 Å². The minimum Gasteiger partial charge on any atom is -0.480 e. The lowest BCUT2D eigenvalue weighted by Gasteiger charge is -2.33. The second-order valence-electron chi connectivity index (χ2n) is 4.88. The lowest BCUT2D eigenvalue weighted by atomic mass is 10.1. The molecule has 17 heavy (non-hydrogen) atoms. The average Bonchev–Trinajstić information content (AvgIpc) is 2.51. The highest BCUT2D eigenvalue weighted by Crippen LogP contribution is 2.19. The van der Waals surface area contributed by atoms with E-state index in [0.29, 0.717) is 13.0 Å². The van der Waals surface area contributed by atoms with E-state index in [2.05, 4.69) is 0 Å². The maximum atomic E-state index is 12.2. The van der Waals surface area contributed by atoms with Crippen LogP contribution in [0.3, 0.4) is 0 Å². The minimum atomic E-state index is -0.891. The zero-order valence-electron chi connectivity index (χ0n) is 10.8. The molecular weight excluding hydrogens is 220 g/mol. The van der Waals surface area contributed by atoms with Gasteiger partial charge in [0.15, 0.2) is 0 Å². The number of hydrogen-bond acceptors (Lipinski definition) is 2. The van der Waals surface area contributed by atoms with E-state index in [9.17, 15) is 14.7 Å². The number of aliphatic carboxylic acids is 1. The molecule has 5 heteroatoms. The molecule has 0 aliphatic carbocycles. The first-order chi connectivity index (χ1) is 7.95. The number of nitrogens with zero attached hydrogens (tertiary/aromatic N) is 2. The zero-order valence-corrected chi connectivity index (χ0v) is 10.8. The van der Waals surface area contributed by atoms with E-state index in [-0.39, 0.29) is 12.1 Å². The van der Waals surface area contributed by atoms with Crippen LogP contribution in [0.2, 0.25) is 0 Å². The van der Waals surface area contributed by atoms with Gasteiger partial charge in [-0.25, -0.2) is 9.59 Å². The van der Waals surface area contributed by atoms with Gasteiger partial charge < -0.3 is 14.9 Å². The summed E-state index contributed by atoms with van der Waals surface area (Å²) in [6.07, 6.45) is 3.33. The second-order valence-corrected chi connectivity index (χ2v) is 4.88. The largest absolute Gasteiger partial charge is 0.480 e. The molecule has 1 saturated heterocycles. The summed E-state index contributed by atoms with van der Waals surface area (Å²) >= 11 is 0. The van der Waals surface area contributed by atoms with E-state index in [1.165, 1.54) is 4.90 Å². The maximum Gasteiger partial charge on any atom is 0.326 e. The van der Waals surface area contributed by atoms with Crippen LogP contribution in [0, 0.1) is 0 Å². The Labute approximate surface area is 102 Å². The lowest BCUT2D eigenvalue weighted by molar-refractivity contribution is -0.142. The number of carboxylic acid groups (broad SMARTS) is 1. The van der Waals surface area contributed by atoms with Crippen molar-refractivity contribution in [3.63, 3.8) is 0 Å². The summed E-state index contributed by atoms with van der Waals surface area (Å²) < 4.78 is 0. The summed E-state index contributed by atoms with van der Waals surface area (Å²) in [5.74, 6) is -0.891. The summed E-state index contributed by atoms with van der Waals surface area (Å²) in [6, 6.07) is -0.749. The molecule has 1 N–H and O–H groups in total. The molecule has 98 valence electrons. The van der Waals surface area contributed by atoms with Crippen molar-refractivity contribution in [1.82, 2.24) is 9.80 Å². The number of likely N-dealkylation sites (tertiary alicyclic amines) is 1. The standard InChI is InChI=1S/C12H22N2O3/c1-9(2)13(3)12(17)14-8-6-4-5-7-10(14)11(15)16/h9-10H,4-8H2,1-3H3,(H,15,16). The predicted molar refractivity (Wildman–Crippen MR) is 64.9 cm³/mol. The predicted octanol–water partition coefficient (Wildman–Crippen LogP) is 1.78. The van der Waals surface area contributed by atoms with E-state index in [4.69, 9.17) is 0 Å². The van der Waals surface area contributed by atoms with Gasteiger partial charge in [0.25, 0.3) is 0 Å². The van der Waals surface area contributed by atoms with Crippen LogP contribution in [0.5, 0.6) is 0 Å². The van der Waals surface area contributed by atoms with Gasteiger partial charge >= 0.3 is 12.0 Å². The Balaban J connectivity index is 2.82. The number of carbonyl (C=O) groups excluding carboxylic acids is 1. The molecule has 1 unspecified atom stereocenters. The first kappa shape index (κ1) is 13.8. The Morgan fingerprint density at radius 1 is 1.29 bits per heavy atom. The molecule has 1 aliphatic heterocycles. The highest BCUT2D eigenvalue weighted by Gasteiger charge is 2.32. The lowest BCUT2D eigenvalue weighted by Crippen LogP contribution is -2.51. The summed E-state index contributed by atoms with van der Waals surface area (Å²) in [5.41, 5.74) is 0. The first-order valence-electron chi connectivity index (χ1n) is 6.21. The summed E-state index contributed by atoms with van der Waals surface area (Å²) in [7, 11) is 1.72. The van der Waals surface area contributed by atoms with Gasteiger partial charge in [-0.2, -0.15) is 0 Å². The van der Waals surface area contributed by atoms with Crippen LogP contribution in [0.25, 0.3) is 0 Å². The van der Waals surface area contributed by atoms with Crippen molar-refractivity contribution in [2.24, 2.45) is 0 Å². The Hall–Kier alpha value is -1.26. The molecule has 5 nitrogen and oxygen atoms in total. The molecule has 1 heterocycles. The third-order valence-corrected chi connectivity index (χ3v) is 3.36. The van der Waals surface area contributed by atoms with Crippen LogP contribution in [-0.2, 0) is 4.79 Å². The van der Waals surface area contributed by atoms with Gasteiger partial charge in [0.05, 0.1) is 0 Å². The monoisotopic (exact) mass is 242 g/mol. The molecule has 2 amide bonds. The van der Waals surface area contributed by atoms with E-state index in [1.807, 2.05) is 13.8 Å². The molecule has 0 saturated carbocycles. The number of urea groups is 1. The zero-order chi connectivity index (χ0) is 13.0. The van der Waals surface area contributed by atoms with Gasteiger partial charge in [0, 0.05) is 19.6 Å². The highest BCUT2D eigenvalue weighted by molar-refractivity contribution is 5.82. The molecule has 0 aromatic rings. The third kappa shape index (κ3) is 3.35. The van der Waals surface area contributed by atoms with Gasteiger partial charge in [-0.05, 0) is 26.7 Å². The highest BCUT2D eigenvalue weighted by atomic mass is 16.4. The maximum absolute atomic E-state index is 12.2. The number of carboxylic acids is 1. The summed E-state index contributed by atoms with van der Waals surface area (Å²) in [6.45, 7) is 4.39. The van der Waals surface area contributed by atoms with Crippen molar-refractivity contribution < 1.29 is 14.7 Å². The van der Waals surface area contributed by atoms with Crippen LogP contribution in [0.1, 0.15) is 39.5 Å². The molecule has 1 atom stereocenters. The van der Waals surface area contributed by atoms with Gasteiger partial charge in [0.1, 0.15) is 6.04 Å². The number of rotatable bonds is 2. The van der Waals surface area contributed by atoms with Crippen molar-refractivity contribution in [2.45, 2.75) is 51.6 Å². The van der Waals surface area contributed by atoms with Gasteiger partial charge in [-0.1, -0.05) is 12.8 Å². The van der Waals surface area contributed by atoms with Crippen LogP contribution in [0.15, 0.2) is 0 Å². The molecule has 1 fully saturated rings. The fourth-order valence-electron chi connectivity index (χ4n) is 2.02. The molecule has 0 aromatic carbocycles. The van der Waals surface area contributed by atoms with E-state index in [1.54, 1.807) is 11.9 Å². The average molecular weight is 242 g/mol. The molecule has 0 radical (unpaired) electrons. The van der Waals surface area contributed by atoms with Gasteiger partial charge in [0.2, 0.25) is 0 Å². The van der Waals surface area contributed by atoms with Crippen LogP contribution >= 0.6 is 0 Å². The Bertz CT molecular complexity index is 291.